The molecule has 0 fully saturated rings. The van der Waals surface area contributed by atoms with Gasteiger partial charge in [0.1, 0.15) is 6.04 Å². The Labute approximate surface area is 191 Å². The van der Waals surface area contributed by atoms with Crippen molar-refractivity contribution in [3.63, 3.8) is 0 Å². The van der Waals surface area contributed by atoms with Crippen molar-refractivity contribution in [1.29, 1.82) is 0 Å². The summed E-state index contributed by atoms with van der Waals surface area (Å²) in [7, 11) is 0.784. The number of alkyl halides is 17. The van der Waals surface area contributed by atoms with Crippen LogP contribution in [0.4, 0.5) is 74.6 Å². The summed E-state index contributed by atoms with van der Waals surface area (Å²) in [4.78, 5) is 22.8. The van der Waals surface area contributed by atoms with Gasteiger partial charge in [-0.1, -0.05) is 0 Å². The third kappa shape index (κ3) is 4.41. The summed E-state index contributed by atoms with van der Waals surface area (Å²) in [6.45, 7) is -3.46. The molecule has 23 heteroatoms. The number of hydrogen-bond donors (Lipinski definition) is 1. The number of nitrogens with two attached hydrogens (primary N) is 1. The smallest absolute Gasteiger partial charge is 0.454 e. The van der Waals surface area contributed by atoms with Crippen molar-refractivity contribution < 1.29 is 89.0 Å². The van der Waals surface area contributed by atoms with E-state index in [-0.39, 0.29) is 5.01 Å². The molecule has 1 rings (SSSR count). The highest BCUT2D eigenvalue weighted by molar-refractivity contribution is 6.44. The van der Waals surface area contributed by atoms with E-state index in [9.17, 15) is 84.2 Å². The van der Waals surface area contributed by atoms with E-state index in [1.807, 2.05) is 0 Å². The zero-order chi connectivity index (χ0) is 30.0. The Hall–Kier alpha value is -2.62. The molecule has 1 unspecified atom stereocenters. The topological polar surface area (TPSA) is 85.0 Å². The average molecular weight is 589 g/mol. The highest BCUT2D eigenvalue weighted by Gasteiger charge is 2.95. The van der Waals surface area contributed by atoms with Gasteiger partial charge in [-0.3, -0.25) is 4.79 Å². The van der Waals surface area contributed by atoms with Crippen LogP contribution in [-0.2, 0) is 14.3 Å². The third-order valence-electron chi connectivity index (χ3n) is 4.52. The predicted octanol–water partition coefficient (Wildman–Crippen LogP) is 3.69. The van der Waals surface area contributed by atoms with Crippen molar-refractivity contribution >= 4 is 17.6 Å². The number of carbonyl (C=O) groups excluding carboxylic acids is 2. The number of nitrogens with zero attached hydrogens (tertiary/aromatic N) is 2. The molecule has 0 aromatic rings. The van der Waals surface area contributed by atoms with E-state index in [4.69, 9.17) is 5.73 Å². The molecule has 0 spiro atoms. The van der Waals surface area contributed by atoms with Crippen LogP contribution < -0.4 is 5.73 Å². The maximum atomic E-state index is 13.7. The Morgan fingerprint density at radius 3 is 1.43 bits per heavy atom. The molecule has 37 heavy (non-hydrogen) atoms. The van der Waals surface area contributed by atoms with Crippen molar-refractivity contribution in [3.8, 4) is 0 Å². The van der Waals surface area contributed by atoms with Gasteiger partial charge in [0, 0.05) is 7.05 Å². The lowest BCUT2D eigenvalue weighted by Crippen LogP contribution is -2.74. The molecular formula is C14H8F17N3O3. The van der Waals surface area contributed by atoms with Gasteiger partial charge in [-0.15, -0.1) is 0 Å². The molecule has 1 amide bonds. The molecular weight excluding hydrogens is 581 g/mol. The molecule has 6 nitrogen and oxygen atoms in total. The first-order valence-electron chi connectivity index (χ1n) is 8.47. The van der Waals surface area contributed by atoms with E-state index in [2.05, 4.69) is 9.84 Å². The number of hydrazone groups is 1. The normalized spacial score (nSPS) is 19.3. The van der Waals surface area contributed by atoms with Gasteiger partial charge in [0.05, 0.1) is 0 Å². The van der Waals surface area contributed by atoms with E-state index >= 15 is 0 Å². The second-order valence-corrected chi connectivity index (χ2v) is 7.05. The van der Waals surface area contributed by atoms with Gasteiger partial charge in [0.25, 0.3) is 5.91 Å². The van der Waals surface area contributed by atoms with Crippen molar-refractivity contribution in [2.45, 2.75) is 53.7 Å². The van der Waals surface area contributed by atoms with Gasteiger partial charge in [0.2, 0.25) is 0 Å². The molecule has 1 aliphatic heterocycles. The van der Waals surface area contributed by atoms with Gasteiger partial charge in [0.15, 0.2) is 12.3 Å². The zero-order valence-corrected chi connectivity index (χ0v) is 16.9. The van der Waals surface area contributed by atoms with Crippen LogP contribution in [0.1, 0.15) is 0 Å². The number of likely N-dealkylation sites (N-methyl/N-ethyl adjacent to an activating group) is 1. The zero-order valence-electron chi connectivity index (χ0n) is 16.9. The largest absolute Gasteiger partial charge is 0.460 e. The van der Waals surface area contributed by atoms with E-state index < -0.39 is 77.9 Å². The van der Waals surface area contributed by atoms with Crippen LogP contribution in [0.2, 0.25) is 0 Å². The van der Waals surface area contributed by atoms with Crippen LogP contribution in [-0.4, -0.2) is 89.9 Å². The van der Waals surface area contributed by atoms with Crippen molar-refractivity contribution in [3.05, 3.63) is 0 Å². The van der Waals surface area contributed by atoms with Crippen LogP contribution in [0, 0.1) is 0 Å². The molecule has 0 aromatic heterocycles. The standard InChI is InChI=1S/C14H8F17N3O3/c1-34-5(35)3(32)4(33-34)6(36)37-2-7(15,16)8(17,18)9(19,20)10(21,22)11(23,24)12(25,26)13(27,28)14(29,30)31/h3H,2,32H2,1H3. The summed E-state index contributed by atoms with van der Waals surface area (Å²) >= 11 is 0. The fourth-order valence-corrected chi connectivity index (χ4v) is 2.28. The van der Waals surface area contributed by atoms with Crippen molar-refractivity contribution in [2.75, 3.05) is 13.7 Å². The summed E-state index contributed by atoms with van der Waals surface area (Å²) in [5.41, 5.74) is 3.69. The Morgan fingerprint density at radius 2 is 1.11 bits per heavy atom. The summed E-state index contributed by atoms with van der Waals surface area (Å²) in [5.74, 6) is -61.5. The van der Waals surface area contributed by atoms with E-state index in [0.717, 1.165) is 7.05 Å². The minimum atomic E-state index is -8.77. The Balaban J connectivity index is 3.40. The Bertz CT molecular complexity index is 959. The molecule has 1 heterocycles. The molecule has 0 saturated heterocycles. The molecule has 2 N–H and O–H groups in total. The summed E-state index contributed by atoms with van der Waals surface area (Å²) < 4.78 is 227. The lowest BCUT2D eigenvalue weighted by Gasteiger charge is -2.42. The van der Waals surface area contributed by atoms with Crippen LogP contribution in [0.3, 0.4) is 0 Å². The molecule has 0 aliphatic carbocycles. The maximum Gasteiger partial charge on any atom is 0.460 e. The van der Waals surface area contributed by atoms with E-state index in [1.165, 1.54) is 0 Å². The summed E-state index contributed by atoms with van der Waals surface area (Å²) in [6, 6.07) is -2.12. The Kier molecular flexibility index (Phi) is 7.63. The number of carbonyl (C=O) groups is 2. The number of rotatable bonds is 9. The fraction of sp³-hybridized carbons (Fsp3) is 0.786. The number of hydrogen-bond acceptors (Lipinski definition) is 5. The molecule has 0 bridgehead atoms. The number of ether oxygens (including phenoxy) is 1. The van der Waals surface area contributed by atoms with Gasteiger partial charge in [-0.2, -0.15) is 79.7 Å². The second kappa shape index (κ2) is 8.71. The minimum absolute atomic E-state index is 0.252. The van der Waals surface area contributed by atoms with Crippen LogP contribution >= 0.6 is 0 Å². The fourth-order valence-electron chi connectivity index (χ4n) is 2.28. The van der Waals surface area contributed by atoms with Gasteiger partial charge in [-0.25, -0.2) is 9.80 Å². The lowest BCUT2D eigenvalue weighted by atomic mass is 9.89. The monoisotopic (exact) mass is 589 g/mol. The summed E-state index contributed by atoms with van der Waals surface area (Å²) in [5, 5.41) is 3.21. The van der Waals surface area contributed by atoms with E-state index in [1.54, 1.807) is 0 Å². The second-order valence-electron chi connectivity index (χ2n) is 7.05. The number of esters is 1. The molecule has 216 valence electrons. The highest BCUT2D eigenvalue weighted by atomic mass is 19.4. The van der Waals surface area contributed by atoms with Crippen LogP contribution in [0.25, 0.3) is 0 Å². The van der Waals surface area contributed by atoms with Crippen LogP contribution in [0.15, 0.2) is 5.10 Å². The van der Waals surface area contributed by atoms with Crippen molar-refractivity contribution in [2.24, 2.45) is 10.8 Å². The summed E-state index contributed by atoms with van der Waals surface area (Å²) in [6.07, 6.45) is -7.86. The van der Waals surface area contributed by atoms with Gasteiger partial charge in [-0.05, 0) is 0 Å². The van der Waals surface area contributed by atoms with E-state index in [0.29, 0.717) is 0 Å². The number of halogens is 17. The van der Waals surface area contributed by atoms with Crippen molar-refractivity contribution in [1.82, 2.24) is 5.01 Å². The van der Waals surface area contributed by atoms with Crippen LogP contribution in [0.5, 0.6) is 0 Å². The quantitative estimate of drug-likeness (QED) is 0.329. The van der Waals surface area contributed by atoms with Gasteiger partial charge < -0.3 is 10.5 Å². The maximum absolute atomic E-state index is 13.7. The third-order valence-corrected chi connectivity index (χ3v) is 4.52. The average Bonchev–Trinajstić information content (AvgIpc) is 2.97. The molecule has 0 aromatic carbocycles. The molecule has 0 radical (unpaired) electrons. The molecule has 1 atom stereocenters. The first kappa shape index (κ1) is 32.4. The first-order valence-corrected chi connectivity index (χ1v) is 8.47. The number of amides is 1. The minimum Gasteiger partial charge on any atom is -0.454 e. The highest BCUT2D eigenvalue weighted by Crippen LogP contribution is 2.63. The SMILES string of the molecule is CN1N=C(C(=O)OCC(F)(F)C(F)(F)C(F)(F)C(F)(F)C(F)(F)C(F)(F)C(F)(F)C(F)(F)F)C(N)C1=O. The molecule has 1 aliphatic rings. The Morgan fingerprint density at radius 1 is 0.757 bits per heavy atom. The molecule has 0 saturated carbocycles. The predicted molar refractivity (Wildman–Crippen MR) is 79.8 cm³/mol. The van der Waals surface area contributed by atoms with Gasteiger partial charge >= 0.3 is 53.6 Å². The lowest BCUT2D eigenvalue weighted by molar-refractivity contribution is -0.462. The first-order chi connectivity index (χ1) is 16.0.